The zero-order valence-corrected chi connectivity index (χ0v) is 14.1. The van der Waals surface area contributed by atoms with Crippen LogP contribution >= 0.6 is 0 Å². The second kappa shape index (κ2) is 6.87. The van der Waals surface area contributed by atoms with Crippen LogP contribution in [0.15, 0.2) is 42.5 Å². The van der Waals surface area contributed by atoms with E-state index in [0.717, 1.165) is 41.9 Å². The Hall–Kier alpha value is -2.62. The van der Waals surface area contributed by atoms with Gasteiger partial charge in [0.15, 0.2) is 0 Å². The van der Waals surface area contributed by atoms with Gasteiger partial charge in [-0.2, -0.15) is 0 Å². The Balaban J connectivity index is 1.76. The molecule has 1 aliphatic heterocycles. The molecule has 0 unspecified atom stereocenters. The van der Waals surface area contributed by atoms with E-state index in [1.807, 2.05) is 61.2 Å². The van der Waals surface area contributed by atoms with Gasteiger partial charge in [0.05, 0.1) is 0 Å². The third-order valence-corrected chi connectivity index (χ3v) is 4.38. The first-order valence-electron chi connectivity index (χ1n) is 8.33. The van der Waals surface area contributed by atoms with Crippen molar-refractivity contribution in [3.05, 3.63) is 59.2 Å². The predicted molar refractivity (Wildman–Crippen MR) is 96.5 cm³/mol. The number of anilines is 2. The number of hydrogen-bond acceptors (Lipinski definition) is 2. The summed E-state index contributed by atoms with van der Waals surface area (Å²) >= 11 is 0. The molecule has 4 nitrogen and oxygen atoms in total. The molecule has 1 N–H and O–H groups in total. The van der Waals surface area contributed by atoms with Gasteiger partial charge in [-0.05, 0) is 62.6 Å². The number of amides is 2. The lowest BCUT2D eigenvalue weighted by molar-refractivity contribution is -0.119. The average Bonchev–Trinajstić information content (AvgIpc) is 2.56. The number of carbonyl (C=O) groups is 2. The normalized spacial score (nSPS) is 14.6. The van der Waals surface area contributed by atoms with Gasteiger partial charge in [-0.15, -0.1) is 0 Å². The van der Waals surface area contributed by atoms with Gasteiger partial charge in [-0.3, -0.25) is 9.59 Å². The summed E-state index contributed by atoms with van der Waals surface area (Å²) in [7, 11) is 0. The van der Waals surface area contributed by atoms with Crippen LogP contribution < -0.4 is 10.2 Å². The number of nitrogens with one attached hydrogen (secondary N) is 1. The van der Waals surface area contributed by atoms with Crippen LogP contribution in [0.3, 0.4) is 0 Å². The quantitative estimate of drug-likeness (QED) is 0.926. The standard InChI is InChI=1S/C20H22N2O2/c1-14-6-8-16(9-7-14)20(24)21-17-10-11-18(15(2)13-17)22-12-4-3-5-19(22)23/h6-11,13H,3-5,12H2,1-2H3,(H,21,24). The molecule has 124 valence electrons. The molecular weight excluding hydrogens is 300 g/mol. The van der Waals surface area contributed by atoms with Gasteiger partial charge in [0.25, 0.3) is 5.91 Å². The van der Waals surface area contributed by atoms with Crippen molar-refractivity contribution in [3.8, 4) is 0 Å². The predicted octanol–water partition coefficient (Wildman–Crippen LogP) is 4.07. The molecule has 1 saturated heterocycles. The molecule has 2 aromatic rings. The molecule has 2 amide bonds. The minimum absolute atomic E-state index is 0.129. The number of aryl methyl sites for hydroxylation is 2. The van der Waals surface area contributed by atoms with E-state index < -0.39 is 0 Å². The first-order chi connectivity index (χ1) is 11.5. The molecular formula is C20H22N2O2. The van der Waals surface area contributed by atoms with Crippen molar-refractivity contribution in [2.24, 2.45) is 0 Å². The monoisotopic (exact) mass is 322 g/mol. The third-order valence-electron chi connectivity index (χ3n) is 4.38. The highest BCUT2D eigenvalue weighted by Crippen LogP contribution is 2.27. The van der Waals surface area contributed by atoms with E-state index in [1.54, 1.807) is 0 Å². The number of hydrogen-bond donors (Lipinski definition) is 1. The second-order valence-electron chi connectivity index (χ2n) is 6.32. The Bertz CT molecular complexity index is 766. The molecule has 1 heterocycles. The Morgan fingerprint density at radius 1 is 1.04 bits per heavy atom. The van der Waals surface area contributed by atoms with Crippen molar-refractivity contribution in [3.63, 3.8) is 0 Å². The van der Waals surface area contributed by atoms with Gasteiger partial charge in [0.2, 0.25) is 5.91 Å². The Morgan fingerprint density at radius 2 is 1.79 bits per heavy atom. The first-order valence-corrected chi connectivity index (χ1v) is 8.33. The van der Waals surface area contributed by atoms with E-state index in [0.29, 0.717) is 12.0 Å². The van der Waals surface area contributed by atoms with Crippen LogP contribution in [0, 0.1) is 13.8 Å². The highest BCUT2D eigenvalue weighted by atomic mass is 16.2. The fraction of sp³-hybridized carbons (Fsp3) is 0.300. The van der Waals surface area contributed by atoms with Crippen molar-refractivity contribution in [2.75, 3.05) is 16.8 Å². The minimum atomic E-state index is -0.129. The van der Waals surface area contributed by atoms with Gasteiger partial charge >= 0.3 is 0 Å². The van der Waals surface area contributed by atoms with Gasteiger partial charge in [-0.1, -0.05) is 17.7 Å². The first kappa shape index (κ1) is 16.2. The summed E-state index contributed by atoms with van der Waals surface area (Å²) in [6.07, 6.45) is 2.63. The number of piperidine rings is 1. The zero-order valence-electron chi connectivity index (χ0n) is 14.1. The summed E-state index contributed by atoms with van der Waals surface area (Å²) in [5.41, 5.74) is 4.43. The van der Waals surface area contributed by atoms with Crippen LogP contribution in [0.1, 0.15) is 40.7 Å². The fourth-order valence-electron chi connectivity index (χ4n) is 3.00. The maximum absolute atomic E-state index is 12.3. The Morgan fingerprint density at radius 3 is 2.46 bits per heavy atom. The van der Waals surface area contributed by atoms with Crippen molar-refractivity contribution >= 4 is 23.2 Å². The van der Waals surface area contributed by atoms with E-state index in [9.17, 15) is 9.59 Å². The number of carbonyl (C=O) groups excluding carboxylic acids is 2. The van der Waals surface area contributed by atoms with Gasteiger partial charge < -0.3 is 10.2 Å². The molecule has 0 atom stereocenters. The molecule has 1 fully saturated rings. The van der Waals surface area contributed by atoms with Crippen molar-refractivity contribution in [1.29, 1.82) is 0 Å². The van der Waals surface area contributed by atoms with E-state index in [-0.39, 0.29) is 11.8 Å². The second-order valence-corrected chi connectivity index (χ2v) is 6.32. The largest absolute Gasteiger partial charge is 0.322 e. The van der Waals surface area contributed by atoms with Crippen LogP contribution in [0.25, 0.3) is 0 Å². The molecule has 4 heteroatoms. The SMILES string of the molecule is Cc1ccc(C(=O)Nc2ccc(N3CCCCC3=O)c(C)c2)cc1. The highest BCUT2D eigenvalue weighted by Gasteiger charge is 2.21. The maximum Gasteiger partial charge on any atom is 0.255 e. The molecule has 3 rings (SSSR count). The van der Waals surface area contributed by atoms with E-state index >= 15 is 0 Å². The number of nitrogens with zero attached hydrogens (tertiary/aromatic N) is 1. The van der Waals surface area contributed by atoms with Crippen LogP contribution in [0.2, 0.25) is 0 Å². The lowest BCUT2D eigenvalue weighted by atomic mass is 10.1. The molecule has 0 saturated carbocycles. The van der Waals surface area contributed by atoms with Crippen LogP contribution in [-0.2, 0) is 4.79 Å². The highest BCUT2D eigenvalue weighted by molar-refractivity contribution is 6.04. The minimum Gasteiger partial charge on any atom is -0.322 e. The summed E-state index contributed by atoms with van der Waals surface area (Å²) < 4.78 is 0. The molecule has 24 heavy (non-hydrogen) atoms. The molecule has 0 spiro atoms. The Kier molecular flexibility index (Phi) is 4.65. The summed E-state index contributed by atoms with van der Waals surface area (Å²) in [6.45, 7) is 4.74. The lowest BCUT2D eigenvalue weighted by Crippen LogP contribution is -2.35. The Labute approximate surface area is 142 Å². The smallest absolute Gasteiger partial charge is 0.255 e. The van der Waals surface area contributed by atoms with E-state index in [2.05, 4.69) is 5.32 Å². The summed E-state index contributed by atoms with van der Waals surface area (Å²) in [5.74, 6) is 0.0528. The van der Waals surface area contributed by atoms with E-state index in [1.165, 1.54) is 0 Å². The zero-order chi connectivity index (χ0) is 17.1. The van der Waals surface area contributed by atoms with Crippen LogP contribution in [-0.4, -0.2) is 18.4 Å². The van der Waals surface area contributed by atoms with E-state index in [4.69, 9.17) is 0 Å². The number of benzene rings is 2. The summed E-state index contributed by atoms with van der Waals surface area (Å²) in [6, 6.07) is 13.2. The lowest BCUT2D eigenvalue weighted by Gasteiger charge is -2.28. The molecule has 1 aliphatic rings. The van der Waals surface area contributed by atoms with Crippen molar-refractivity contribution in [1.82, 2.24) is 0 Å². The molecule has 0 bridgehead atoms. The third kappa shape index (κ3) is 3.48. The molecule has 2 aromatic carbocycles. The number of rotatable bonds is 3. The average molecular weight is 322 g/mol. The van der Waals surface area contributed by atoms with Crippen molar-refractivity contribution < 1.29 is 9.59 Å². The molecule has 0 aromatic heterocycles. The van der Waals surface area contributed by atoms with Gasteiger partial charge in [-0.25, -0.2) is 0 Å². The summed E-state index contributed by atoms with van der Waals surface area (Å²) in [5, 5.41) is 2.92. The molecule has 0 radical (unpaired) electrons. The molecule has 0 aliphatic carbocycles. The van der Waals surface area contributed by atoms with Crippen molar-refractivity contribution in [2.45, 2.75) is 33.1 Å². The summed E-state index contributed by atoms with van der Waals surface area (Å²) in [4.78, 5) is 26.2. The maximum atomic E-state index is 12.3. The van der Waals surface area contributed by atoms with Crippen LogP contribution in [0.4, 0.5) is 11.4 Å². The fourth-order valence-corrected chi connectivity index (χ4v) is 3.00. The van der Waals surface area contributed by atoms with Gasteiger partial charge in [0.1, 0.15) is 0 Å². The van der Waals surface area contributed by atoms with Crippen LogP contribution in [0.5, 0.6) is 0 Å². The topological polar surface area (TPSA) is 49.4 Å². The van der Waals surface area contributed by atoms with Gasteiger partial charge in [0, 0.05) is 29.9 Å².